The van der Waals surface area contributed by atoms with E-state index in [1.54, 1.807) is 0 Å². The second kappa shape index (κ2) is 5.78. The van der Waals surface area contributed by atoms with Crippen LogP contribution in [0.25, 0.3) is 0 Å². The van der Waals surface area contributed by atoms with Gasteiger partial charge in [-0.1, -0.05) is 45.7 Å². The van der Waals surface area contributed by atoms with E-state index in [4.69, 9.17) is 4.74 Å². The molecule has 0 unspecified atom stereocenters. The Morgan fingerprint density at radius 2 is 1.89 bits per heavy atom. The molecular formula is C17H26OS. The molecule has 0 radical (unpaired) electrons. The smallest absolute Gasteiger partial charge is 0.119 e. The van der Waals surface area contributed by atoms with Crippen molar-refractivity contribution >= 4 is 12.6 Å². The van der Waals surface area contributed by atoms with Crippen LogP contribution in [-0.2, 0) is 5.41 Å². The summed E-state index contributed by atoms with van der Waals surface area (Å²) in [7, 11) is 0. The second-order valence-corrected chi connectivity index (χ2v) is 7.25. The molecule has 19 heavy (non-hydrogen) atoms. The molecule has 2 rings (SSSR count). The van der Waals surface area contributed by atoms with Gasteiger partial charge in [0.05, 0.1) is 6.61 Å². The highest BCUT2D eigenvalue weighted by atomic mass is 32.1. The van der Waals surface area contributed by atoms with Crippen molar-refractivity contribution in [3.05, 3.63) is 29.8 Å². The molecule has 0 aromatic heterocycles. The molecule has 1 aliphatic carbocycles. The van der Waals surface area contributed by atoms with Crippen molar-refractivity contribution in [3.8, 4) is 5.75 Å². The summed E-state index contributed by atoms with van der Waals surface area (Å²) in [4.78, 5) is 0. The fourth-order valence-corrected chi connectivity index (χ4v) is 3.17. The topological polar surface area (TPSA) is 9.23 Å². The predicted molar refractivity (Wildman–Crippen MR) is 85.4 cm³/mol. The number of thiol groups is 1. The molecule has 0 spiro atoms. The number of benzene rings is 1. The summed E-state index contributed by atoms with van der Waals surface area (Å²) in [6, 6.07) is 8.52. The van der Waals surface area contributed by atoms with Gasteiger partial charge in [-0.3, -0.25) is 0 Å². The second-order valence-electron chi connectivity index (χ2n) is 6.93. The van der Waals surface area contributed by atoms with Gasteiger partial charge in [-0.2, -0.15) is 12.6 Å². The quantitative estimate of drug-likeness (QED) is 0.774. The highest BCUT2D eigenvalue weighted by molar-refractivity contribution is 7.80. The van der Waals surface area contributed by atoms with Gasteiger partial charge < -0.3 is 4.74 Å². The summed E-state index contributed by atoms with van der Waals surface area (Å²) in [6.07, 6.45) is 5.17. The Labute approximate surface area is 123 Å². The third kappa shape index (κ3) is 3.68. The monoisotopic (exact) mass is 278 g/mol. The van der Waals surface area contributed by atoms with Crippen molar-refractivity contribution in [1.29, 1.82) is 0 Å². The first-order valence-corrected chi connectivity index (χ1v) is 7.93. The largest absolute Gasteiger partial charge is 0.493 e. The fourth-order valence-electron chi connectivity index (χ4n) is 2.76. The van der Waals surface area contributed by atoms with E-state index in [1.807, 2.05) is 0 Å². The lowest BCUT2D eigenvalue weighted by atomic mass is 9.87. The molecule has 1 aromatic rings. The zero-order valence-corrected chi connectivity index (χ0v) is 13.3. The molecule has 1 fully saturated rings. The van der Waals surface area contributed by atoms with Gasteiger partial charge in [0, 0.05) is 5.41 Å². The van der Waals surface area contributed by atoms with Gasteiger partial charge in [-0.15, -0.1) is 0 Å². The maximum Gasteiger partial charge on any atom is 0.119 e. The molecule has 0 aliphatic heterocycles. The highest BCUT2D eigenvalue weighted by Crippen LogP contribution is 2.39. The van der Waals surface area contributed by atoms with Crippen LogP contribution >= 0.6 is 12.6 Å². The average Bonchev–Trinajstić information content (AvgIpc) is 2.85. The maximum atomic E-state index is 6.07. The summed E-state index contributed by atoms with van der Waals surface area (Å²) in [5, 5.41) is 0. The first-order valence-electron chi connectivity index (χ1n) is 7.29. The lowest BCUT2D eigenvalue weighted by Crippen LogP contribution is -2.27. The SMILES string of the molecule is CC(C)(C)c1cccc(OCC2(CS)CCCC2)c1. The molecule has 1 saturated carbocycles. The molecule has 0 heterocycles. The standard InChI is InChI=1S/C17H26OS/c1-16(2,3)14-7-6-8-15(11-14)18-12-17(13-19)9-4-5-10-17/h6-8,11,19H,4-5,9-10,12-13H2,1-3H3. The molecule has 106 valence electrons. The minimum absolute atomic E-state index is 0.175. The summed E-state index contributed by atoms with van der Waals surface area (Å²) in [6.45, 7) is 7.51. The van der Waals surface area contributed by atoms with Crippen LogP contribution < -0.4 is 4.74 Å². The minimum atomic E-state index is 0.175. The Hall–Kier alpha value is -0.630. The van der Waals surface area contributed by atoms with Gasteiger partial charge in [0.2, 0.25) is 0 Å². The van der Waals surface area contributed by atoms with Crippen LogP contribution in [0, 0.1) is 5.41 Å². The van der Waals surface area contributed by atoms with Gasteiger partial charge in [0.15, 0.2) is 0 Å². The van der Waals surface area contributed by atoms with E-state index in [1.165, 1.54) is 31.2 Å². The van der Waals surface area contributed by atoms with Crippen LogP contribution in [0.5, 0.6) is 5.75 Å². The van der Waals surface area contributed by atoms with Crippen LogP contribution in [0.3, 0.4) is 0 Å². The number of hydrogen-bond acceptors (Lipinski definition) is 2. The predicted octanol–water partition coefficient (Wildman–Crippen LogP) is 4.85. The summed E-state index contributed by atoms with van der Waals surface area (Å²) >= 11 is 4.53. The molecule has 1 aromatic carbocycles. The average molecular weight is 278 g/mol. The molecule has 0 saturated heterocycles. The minimum Gasteiger partial charge on any atom is -0.493 e. The molecule has 0 amide bonds. The van der Waals surface area contributed by atoms with E-state index in [9.17, 15) is 0 Å². The zero-order valence-electron chi connectivity index (χ0n) is 12.4. The van der Waals surface area contributed by atoms with E-state index in [0.29, 0.717) is 5.41 Å². The first kappa shape index (κ1) is 14.8. The number of hydrogen-bond donors (Lipinski definition) is 1. The van der Waals surface area contributed by atoms with Crippen LogP contribution in [0.4, 0.5) is 0 Å². The molecule has 0 bridgehead atoms. The van der Waals surface area contributed by atoms with Crippen LogP contribution in [0.15, 0.2) is 24.3 Å². The van der Waals surface area contributed by atoms with Gasteiger partial charge in [0.1, 0.15) is 5.75 Å². The van der Waals surface area contributed by atoms with Crippen molar-refractivity contribution < 1.29 is 4.74 Å². The van der Waals surface area contributed by atoms with E-state index >= 15 is 0 Å². The first-order chi connectivity index (χ1) is 8.95. The summed E-state index contributed by atoms with van der Waals surface area (Å²) < 4.78 is 6.07. The third-order valence-corrected chi connectivity index (χ3v) is 4.92. The van der Waals surface area contributed by atoms with E-state index in [2.05, 4.69) is 57.7 Å². The fraction of sp³-hybridized carbons (Fsp3) is 0.647. The van der Waals surface area contributed by atoms with Crippen molar-refractivity contribution in [2.45, 2.75) is 51.9 Å². The Morgan fingerprint density at radius 3 is 2.47 bits per heavy atom. The zero-order chi connectivity index (χ0) is 13.9. The molecule has 2 heteroatoms. The molecule has 0 N–H and O–H groups in total. The molecular weight excluding hydrogens is 252 g/mol. The van der Waals surface area contributed by atoms with Gasteiger partial charge in [0.25, 0.3) is 0 Å². The van der Waals surface area contributed by atoms with Gasteiger partial charge in [-0.05, 0) is 41.7 Å². The number of ether oxygens (including phenoxy) is 1. The lowest BCUT2D eigenvalue weighted by molar-refractivity contribution is 0.173. The van der Waals surface area contributed by atoms with Crippen molar-refractivity contribution in [3.63, 3.8) is 0 Å². The van der Waals surface area contributed by atoms with Crippen molar-refractivity contribution in [2.24, 2.45) is 5.41 Å². The van der Waals surface area contributed by atoms with Gasteiger partial charge >= 0.3 is 0 Å². The normalized spacial score (nSPS) is 18.5. The van der Waals surface area contributed by atoms with Crippen LogP contribution in [0.1, 0.15) is 52.0 Å². The summed E-state index contributed by atoms with van der Waals surface area (Å²) in [5.41, 5.74) is 1.81. The van der Waals surface area contributed by atoms with Crippen LogP contribution in [-0.4, -0.2) is 12.4 Å². The van der Waals surface area contributed by atoms with Crippen molar-refractivity contribution in [1.82, 2.24) is 0 Å². The summed E-state index contributed by atoms with van der Waals surface area (Å²) in [5.74, 6) is 1.94. The van der Waals surface area contributed by atoms with E-state index in [-0.39, 0.29) is 5.41 Å². The Bertz CT molecular complexity index is 414. The molecule has 1 nitrogen and oxygen atoms in total. The van der Waals surface area contributed by atoms with Crippen LogP contribution in [0.2, 0.25) is 0 Å². The lowest BCUT2D eigenvalue weighted by Gasteiger charge is -2.27. The van der Waals surface area contributed by atoms with Crippen molar-refractivity contribution in [2.75, 3.05) is 12.4 Å². The Kier molecular flexibility index (Phi) is 4.50. The maximum absolute atomic E-state index is 6.07. The third-order valence-electron chi connectivity index (χ3n) is 4.24. The van der Waals surface area contributed by atoms with E-state index in [0.717, 1.165) is 18.1 Å². The van der Waals surface area contributed by atoms with Gasteiger partial charge in [-0.25, -0.2) is 0 Å². The highest BCUT2D eigenvalue weighted by Gasteiger charge is 2.33. The number of rotatable bonds is 4. The molecule has 0 atom stereocenters. The Balaban J connectivity index is 2.03. The molecule has 1 aliphatic rings. The van der Waals surface area contributed by atoms with E-state index < -0.39 is 0 Å². The Morgan fingerprint density at radius 1 is 1.21 bits per heavy atom.